The van der Waals surface area contributed by atoms with Gasteiger partial charge < -0.3 is 15.5 Å². The molecule has 0 spiro atoms. The number of rotatable bonds is 6. The zero-order valence-electron chi connectivity index (χ0n) is 17.2. The second-order valence-corrected chi connectivity index (χ2v) is 7.26. The summed E-state index contributed by atoms with van der Waals surface area (Å²) >= 11 is 0. The van der Waals surface area contributed by atoms with E-state index in [0.717, 1.165) is 11.1 Å². The molecule has 0 saturated carbocycles. The molecule has 0 aliphatic rings. The zero-order chi connectivity index (χ0) is 20.6. The van der Waals surface area contributed by atoms with Crippen LogP contribution in [0.15, 0.2) is 77.8 Å². The molecule has 3 aromatic carbocycles. The van der Waals surface area contributed by atoms with Crippen LogP contribution in [0.25, 0.3) is 10.8 Å². The minimum absolute atomic E-state index is 0.00225. The highest BCUT2D eigenvalue weighted by Gasteiger charge is 2.11. The number of carbonyl (C=O) groups excluding carboxylic acids is 1. The third-order valence-electron chi connectivity index (χ3n) is 4.80. The van der Waals surface area contributed by atoms with Crippen LogP contribution < -0.4 is 10.6 Å². The number of benzene rings is 3. The number of carbonyl (C=O) groups is 1. The molecule has 0 bridgehead atoms. The molecule has 3 aromatic rings. The largest absolute Gasteiger partial charge is 0.350 e. The molecule has 29 heavy (non-hydrogen) atoms. The third-order valence-corrected chi connectivity index (χ3v) is 4.80. The van der Waals surface area contributed by atoms with Crippen molar-refractivity contribution in [2.45, 2.75) is 19.5 Å². The zero-order valence-corrected chi connectivity index (χ0v) is 17.2. The van der Waals surface area contributed by atoms with Gasteiger partial charge in [0.25, 0.3) is 0 Å². The average Bonchev–Trinajstić information content (AvgIpc) is 2.75. The van der Waals surface area contributed by atoms with Crippen molar-refractivity contribution < 1.29 is 4.79 Å². The lowest BCUT2D eigenvalue weighted by atomic mass is 10.0. The van der Waals surface area contributed by atoms with E-state index in [1.807, 2.05) is 42.5 Å². The van der Waals surface area contributed by atoms with Gasteiger partial charge in [-0.2, -0.15) is 0 Å². The molecule has 0 fully saturated rings. The quantitative estimate of drug-likeness (QED) is 0.500. The van der Waals surface area contributed by atoms with Crippen molar-refractivity contribution >= 4 is 22.6 Å². The van der Waals surface area contributed by atoms with Crippen molar-refractivity contribution in [1.82, 2.24) is 15.5 Å². The lowest BCUT2D eigenvalue weighted by Crippen LogP contribution is -2.43. The van der Waals surface area contributed by atoms with E-state index in [9.17, 15) is 4.79 Å². The van der Waals surface area contributed by atoms with E-state index < -0.39 is 0 Å². The molecule has 0 saturated heterocycles. The molecule has 2 N–H and O–H groups in total. The maximum absolute atomic E-state index is 12.0. The summed E-state index contributed by atoms with van der Waals surface area (Å²) in [4.78, 5) is 18.2. The first-order valence-corrected chi connectivity index (χ1v) is 9.80. The second-order valence-electron chi connectivity index (χ2n) is 7.26. The third kappa shape index (κ3) is 5.82. The van der Waals surface area contributed by atoms with Gasteiger partial charge in [0.15, 0.2) is 5.96 Å². The minimum Gasteiger partial charge on any atom is -0.350 e. The summed E-state index contributed by atoms with van der Waals surface area (Å²) in [6, 6.07) is 24.9. The Bertz CT molecular complexity index is 982. The predicted molar refractivity (Wildman–Crippen MR) is 120 cm³/mol. The number of hydrogen-bond donors (Lipinski definition) is 2. The number of fused-ring (bicyclic) bond motifs is 1. The maximum atomic E-state index is 12.0. The van der Waals surface area contributed by atoms with E-state index in [1.54, 1.807) is 19.0 Å². The van der Waals surface area contributed by atoms with Crippen LogP contribution in [0.3, 0.4) is 0 Å². The van der Waals surface area contributed by atoms with Crippen LogP contribution in [-0.4, -0.2) is 37.4 Å². The number of nitrogens with one attached hydrogen (secondary N) is 2. The van der Waals surface area contributed by atoms with Gasteiger partial charge >= 0.3 is 0 Å². The smallest absolute Gasteiger partial charge is 0.241 e. The summed E-state index contributed by atoms with van der Waals surface area (Å²) in [5.74, 6) is 0.613. The van der Waals surface area contributed by atoms with Gasteiger partial charge in [0, 0.05) is 14.1 Å². The van der Waals surface area contributed by atoms with E-state index in [-0.39, 0.29) is 18.5 Å². The van der Waals surface area contributed by atoms with Gasteiger partial charge in [-0.15, -0.1) is 0 Å². The van der Waals surface area contributed by atoms with Gasteiger partial charge in [-0.05, 0) is 34.9 Å². The Hall–Kier alpha value is -3.34. The van der Waals surface area contributed by atoms with E-state index in [4.69, 9.17) is 0 Å². The van der Waals surface area contributed by atoms with Crippen LogP contribution in [0, 0.1) is 0 Å². The van der Waals surface area contributed by atoms with E-state index in [2.05, 4.69) is 52.9 Å². The van der Waals surface area contributed by atoms with Crippen LogP contribution in [-0.2, 0) is 11.3 Å². The van der Waals surface area contributed by atoms with Gasteiger partial charge in [-0.3, -0.25) is 4.79 Å². The molecule has 0 aromatic heterocycles. The molecular weight excluding hydrogens is 360 g/mol. The van der Waals surface area contributed by atoms with Crippen molar-refractivity contribution in [2.24, 2.45) is 4.99 Å². The minimum atomic E-state index is -0.00225. The molecule has 0 aliphatic heterocycles. The summed E-state index contributed by atoms with van der Waals surface area (Å²) in [5.41, 5.74) is 2.28. The molecule has 1 amide bonds. The van der Waals surface area contributed by atoms with E-state index >= 15 is 0 Å². The summed E-state index contributed by atoms with van der Waals surface area (Å²) in [5, 5.41) is 9.01. The molecule has 5 nitrogen and oxygen atoms in total. The van der Waals surface area contributed by atoms with Gasteiger partial charge in [-0.25, -0.2) is 4.99 Å². The van der Waals surface area contributed by atoms with Crippen molar-refractivity contribution in [3.8, 4) is 0 Å². The van der Waals surface area contributed by atoms with Crippen molar-refractivity contribution in [1.29, 1.82) is 0 Å². The van der Waals surface area contributed by atoms with Crippen LogP contribution >= 0.6 is 0 Å². The van der Waals surface area contributed by atoms with Crippen LogP contribution in [0.4, 0.5) is 0 Å². The van der Waals surface area contributed by atoms with Crippen LogP contribution in [0.5, 0.6) is 0 Å². The number of amides is 1. The molecule has 0 heterocycles. The van der Waals surface area contributed by atoms with Gasteiger partial charge in [0.05, 0.1) is 19.1 Å². The Labute approximate surface area is 172 Å². The Morgan fingerprint density at radius 2 is 1.66 bits per heavy atom. The SMILES string of the molecule is CC(NC(=NCc1ccccc1)NCC(=O)N(C)C)c1ccc2ccccc2c1. The predicted octanol–water partition coefficient (Wildman–Crippen LogP) is 3.72. The normalized spacial score (nSPS) is 12.4. The first-order chi connectivity index (χ1) is 14.0. The fraction of sp³-hybridized carbons (Fsp3) is 0.250. The molecule has 3 rings (SSSR count). The lowest BCUT2D eigenvalue weighted by molar-refractivity contribution is -0.127. The summed E-state index contributed by atoms with van der Waals surface area (Å²) in [6.45, 7) is 2.83. The van der Waals surface area contributed by atoms with E-state index in [1.165, 1.54) is 10.8 Å². The van der Waals surface area contributed by atoms with Crippen LogP contribution in [0.1, 0.15) is 24.1 Å². The number of guanidine groups is 1. The van der Waals surface area contributed by atoms with E-state index in [0.29, 0.717) is 12.5 Å². The number of aliphatic imine (C=N–C) groups is 1. The van der Waals surface area contributed by atoms with Gasteiger partial charge in [0.1, 0.15) is 0 Å². The topological polar surface area (TPSA) is 56.7 Å². The molecular formula is C24H28N4O. The average molecular weight is 389 g/mol. The standard InChI is InChI=1S/C24H28N4O/c1-18(21-14-13-20-11-7-8-12-22(20)15-21)27-24(26-17-23(29)28(2)3)25-16-19-9-5-4-6-10-19/h4-15,18H,16-17H2,1-3H3,(H2,25,26,27). The number of hydrogen-bond acceptors (Lipinski definition) is 2. The lowest BCUT2D eigenvalue weighted by Gasteiger charge is -2.20. The highest BCUT2D eigenvalue weighted by molar-refractivity contribution is 5.87. The Balaban J connectivity index is 1.75. The molecule has 0 aliphatic carbocycles. The van der Waals surface area contributed by atoms with Crippen LogP contribution in [0.2, 0.25) is 0 Å². The maximum Gasteiger partial charge on any atom is 0.241 e. The number of likely N-dealkylation sites (N-methyl/N-ethyl adjacent to an activating group) is 1. The molecule has 5 heteroatoms. The first-order valence-electron chi connectivity index (χ1n) is 9.80. The highest BCUT2D eigenvalue weighted by atomic mass is 16.2. The summed E-state index contributed by atoms with van der Waals surface area (Å²) in [6.07, 6.45) is 0. The summed E-state index contributed by atoms with van der Waals surface area (Å²) < 4.78 is 0. The van der Waals surface area contributed by atoms with Gasteiger partial charge in [0.2, 0.25) is 5.91 Å². The fourth-order valence-corrected chi connectivity index (χ4v) is 2.99. The van der Waals surface area contributed by atoms with Crippen molar-refractivity contribution in [3.05, 3.63) is 83.9 Å². The Morgan fingerprint density at radius 3 is 2.38 bits per heavy atom. The molecule has 1 unspecified atom stereocenters. The molecule has 150 valence electrons. The first kappa shape index (κ1) is 20.4. The van der Waals surface area contributed by atoms with Crippen molar-refractivity contribution in [2.75, 3.05) is 20.6 Å². The Kier molecular flexibility index (Phi) is 6.85. The Morgan fingerprint density at radius 1 is 0.966 bits per heavy atom. The monoisotopic (exact) mass is 388 g/mol. The fourth-order valence-electron chi connectivity index (χ4n) is 2.99. The van der Waals surface area contributed by atoms with Gasteiger partial charge in [-0.1, -0.05) is 66.7 Å². The number of nitrogens with zero attached hydrogens (tertiary/aromatic N) is 2. The van der Waals surface area contributed by atoms with Crippen molar-refractivity contribution in [3.63, 3.8) is 0 Å². The molecule has 0 radical (unpaired) electrons. The highest BCUT2D eigenvalue weighted by Crippen LogP contribution is 2.20. The second kappa shape index (κ2) is 9.73. The molecule has 1 atom stereocenters. The summed E-state index contributed by atoms with van der Waals surface area (Å²) in [7, 11) is 3.49.